The number of hydrogen-bond acceptors (Lipinski definition) is 3. The maximum absolute atomic E-state index is 5.59. The number of rotatable bonds is 3. The molecule has 0 saturated heterocycles. The van der Waals surface area contributed by atoms with Crippen LogP contribution >= 0.6 is 11.8 Å². The maximum Gasteiger partial charge on any atom is 0.0960 e. The fourth-order valence-corrected chi connectivity index (χ4v) is 1.39. The van der Waals surface area contributed by atoms with Gasteiger partial charge in [-0.3, -0.25) is 0 Å². The third kappa shape index (κ3) is 3.39. The summed E-state index contributed by atoms with van der Waals surface area (Å²) in [5.74, 6) is 0.928. The lowest BCUT2D eigenvalue weighted by Crippen LogP contribution is -2.17. The molecule has 0 radical (unpaired) electrons. The molecule has 0 fully saturated rings. The third-order valence-corrected chi connectivity index (χ3v) is 2.36. The molecule has 2 N–H and O–H groups in total. The highest BCUT2D eigenvalue weighted by Crippen LogP contribution is 2.13. The van der Waals surface area contributed by atoms with E-state index in [1.807, 2.05) is 25.1 Å². The molecule has 0 aliphatic heterocycles. The first kappa shape index (κ1) is 8.56. The third-order valence-electron chi connectivity index (χ3n) is 1.13. The fourth-order valence-electron chi connectivity index (χ4n) is 0.649. The van der Waals surface area contributed by atoms with Crippen LogP contribution in [0.5, 0.6) is 0 Å². The Bertz CT molecular complexity index is 199. The highest BCUT2D eigenvalue weighted by atomic mass is 32.2. The molecule has 0 spiro atoms. The van der Waals surface area contributed by atoms with Crippen LogP contribution in [0.3, 0.4) is 0 Å². The number of hydrogen-bond donors (Lipinski definition) is 1. The second-order valence-corrected chi connectivity index (χ2v) is 3.50. The van der Waals surface area contributed by atoms with Crippen molar-refractivity contribution in [1.82, 2.24) is 4.98 Å². The minimum absolute atomic E-state index is 0.238. The summed E-state index contributed by atoms with van der Waals surface area (Å²) in [5, 5.41) is 1.05. The van der Waals surface area contributed by atoms with Gasteiger partial charge in [0.05, 0.1) is 5.03 Å². The zero-order valence-electron chi connectivity index (χ0n) is 6.53. The SMILES string of the molecule is C[C@@H](N)CSc1ccccn1. The first-order valence-electron chi connectivity index (χ1n) is 3.58. The molecular formula is C8H12N2S. The smallest absolute Gasteiger partial charge is 0.0960 e. The van der Waals surface area contributed by atoms with Crippen LogP contribution < -0.4 is 5.73 Å². The molecule has 0 amide bonds. The van der Waals surface area contributed by atoms with E-state index in [2.05, 4.69) is 4.98 Å². The van der Waals surface area contributed by atoms with E-state index in [1.165, 1.54) is 0 Å². The first-order chi connectivity index (χ1) is 5.29. The van der Waals surface area contributed by atoms with Crippen LogP contribution in [0.4, 0.5) is 0 Å². The van der Waals surface area contributed by atoms with Gasteiger partial charge in [0.1, 0.15) is 0 Å². The number of thioether (sulfide) groups is 1. The Morgan fingerprint density at radius 3 is 3.00 bits per heavy atom. The Labute approximate surface area is 71.2 Å². The van der Waals surface area contributed by atoms with E-state index in [1.54, 1.807) is 18.0 Å². The van der Waals surface area contributed by atoms with Crippen LogP contribution in [-0.2, 0) is 0 Å². The molecule has 0 unspecified atom stereocenters. The summed E-state index contributed by atoms with van der Waals surface area (Å²) in [7, 11) is 0. The van der Waals surface area contributed by atoms with E-state index >= 15 is 0 Å². The summed E-state index contributed by atoms with van der Waals surface area (Å²) < 4.78 is 0. The number of aromatic nitrogens is 1. The van der Waals surface area contributed by atoms with Gasteiger partial charge in [-0.05, 0) is 19.1 Å². The topological polar surface area (TPSA) is 38.9 Å². The Balaban J connectivity index is 2.39. The van der Waals surface area contributed by atoms with Crippen molar-refractivity contribution in [1.29, 1.82) is 0 Å². The molecule has 1 aromatic heterocycles. The van der Waals surface area contributed by atoms with Crippen LogP contribution in [0.1, 0.15) is 6.92 Å². The first-order valence-corrected chi connectivity index (χ1v) is 4.57. The van der Waals surface area contributed by atoms with E-state index in [-0.39, 0.29) is 6.04 Å². The van der Waals surface area contributed by atoms with Gasteiger partial charge >= 0.3 is 0 Å². The van der Waals surface area contributed by atoms with E-state index in [4.69, 9.17) is 5.73 Å². The summed E-state index contributed by atoms with van der Waals surface area (Å²) in [6, 6.07) is 6.13. The van der Waals surface area contributed by atoms with Gasteiger partial charge in [-0.15, -0.1) is 11.8 Å². The quantitative estimate of drug-likeness (QED) is 0.695. The van der Waals surface area contributed by atoms with E-state index in [9.17, 15) is 0 Å². The van der Waals surface area contributed by atoms with Gasteiger partial charge in [0.2, 0.25) is 0 Å². The van der Waals surface area contributed by atoms with Crippen LogP contribution in [0.25, 0.3) is 0 Å². The minimum atomic E-state index is 0.238. The molecule has 0 aliphatic carbocycles. The monoisotopic (exact) mass is 168 g/mol. The molecule has 1 rings (SSSR count). The summed E-state index contributed by atoms with van der Waals surface area (Å²) in [6.45, 7) is 2.00. The van der Waals surface area contributed by atoms with Crippen molar-refractivity contribution in [2.45, 2.75) is 18.0 Å². The van der Waals surface area contributed by atoms with Crippen LogP contribution in [0, 0.1) is 0 Å². The van der Waals surface area contributed by atoms with Gasteiger partial charge < -0.3 is 5.73 Å². The average Bonchev–Trinajstić information content (AvgIpc) is 2.03. The van der Waals surface area contributed by atoms with Gasteiger partial charge in [-0.1, -0.05) is 6.07 Å². The Hall–Kier alpha value is -0.540. The summed E-state index contributed by atoms with van der Waals surface area (Å²) in [6.07, 6.45) is 1.80. The summed E-state index contributed by atoms with van der Waals surface area (Å²) >= 11 is 1.69. The Kier molecular flexibility index (Phi) is 3.39. The standard InChI is InChI=1S/C8H12N2S/c1-7(9)6-11-8-4-2-3-5-10-8/h2-5,7H,6,9H2,1H3/t7-/m1/s1. The molecular weight excluding hydrogens is 156 g/mol. The lowest BCUT2D eigenvalue weighted by Gasteiger charge is -2.02. The van der Waals surface area contributed by atoms with Crippen molar-refractivity contribution in [2.24, 2.45) is 5.73 Å². The lowest BCUT2D eigenvalue weighted by molar-refractivity contribution is 0.846. The van der Waals surface area contributed by atoms with Crippen molar-refractivity contribution in [3.05, 3.63) is 24.4 Å². The second kappa shape index (κ2) is 4.36. The van der Waals surface area contributed by atoms with Crippen molar-refractivity contribution in [2.75, 3.05) is 5.75 Å². The highest BCUT2D eigenvalue weighted by molar-refractivity contribution is 7.99. The number of pyridine rings is 1. The number of nitrogens with two attached hydrogens (primary N) is 1. The Morgan fingerprint density at radius 1 is 1.64 bits per heavy atom. The molecule has 0 aromatic carbocycles. The largest absolute Gasteiger partial charge is 0.327 e. The molecule has 1 atom stereocenters. The minimum Gasteiger partial charge on any atom is -0.327 e. The van der Waals surface area contributed by atoms with Crippen molar-refractivity contribution < 1.29 is 0 Å². The fraction of sp³-hybridized carbons (Fsp3) is 0.375. The van der Waals surface area contributed by atoms with Crippen molar-refractivity contribution in [3.63, 3.8) is 0 Å². The molecule has 1 aromatic rings. The zero-order valence-corrected chi connectivity index (χ0v) is 7.34. The van der Waals surface area contributed by atoms with Gasteiger partial charge in [0.25, 0.3) is 0 Å². The lowest BCUT2D eigenvalue weighted by atomic mass is 10.4. The van der Waals surface area contributed by atoms with E-state index in [0.29, 0.717) is 0 Å². The maximum atomic E-state index is 5.59. The number of nitrogens with zero attached hydrogens (tertiary/aromatic N) is 1. The molecule has 60 valence electrons. The predicted octanol–water partition coefficient (Wildman–Crippen LogP) is 1.52. The van der Waals surface area contributed by atoms with Crippen LogP contribution in [0.2, 0.25) is 0 Å². The molecule has 0 aliphatic rings. The van der Waals surface area contributed by atoms with Gasteiger partial charge in [-0.2, -0.15) is 0 Å². The molecule has 1 heterocycles. The van der Waals surface area contributed by atoms with Gasteiger partial charge in [-0.25, -0.2) is 4.98 Å². The van der Waals surface area contributed by atoms with E-state index in [0.717, 1.165) is 10.8 Å². The highest BCUT2D eigenvalue weighted by Gasteiger charge is 1.96. The summed E-state index contributed by atoms with van der Waals surface area (Å²) in [5.41, 5.74) is 5.59. The molecule has 11 heavy (non-hydrogen) atoms. The van der Waals surface area contributed by atoms with Crippen molar-refractivity contribution >= 4 is 11.8 Å². The van der Waals surface area contributed by atoms with E-state index < -0.39 is 0 Å². The normalized spacial score (nSPS) is 12.9. The Morgan fingerprint density at radius 2 is 2.45 bits per heavy atom. The van der Waals surface area contributed by atoms with Crippen molar-refractivity contribution in [3.8, 4) is 0 Å². The molecule has 2 nitrogen and oxygen atoms in total. The van der Waals surface area contributed by atoms with Gasteiger partial charge in [0, 0.05) is 18.0 Å². The predicted molar refractivity (Wildman–Crippen MR) is 48.6 cm³/mol. The van der Waals surface area contributed by atoms with Gasteiger partial charge in [0.15, 0.2) is 0 Å². The second-order valence-electron chi connectivity index (χ2n) is 2.46. The molecule has 0 saturated carbocycles. The summed E-state index contributed by atoms with van der Waals surface area (Å²) in [4.78, 5) is 4.16. The molecule has 0 bridgehead atoms. The molecule has 3 heteroatoms. The zero-order chi connectivity index (χ0) is 8.10. The average molecular weight is 168 g/mol. The van der Waals surface area contributed by atoms with Crippen LogP contribution in [-0.4, -0.2) is 16.8 Å². The van der Waals surface area contributed by atoms with Crippen LogP contribution in [0.15, 0.2) is 29.4 Å².